The molecule has 0 spiro atoms. The van der Waals surface area contributed by atoms with Gasteiger partial charge in [-0.25, -0.2) is 0 Å². The summed E-state index contributed by atoms with van der Waals surface area (Å²) in [5.41, 5.74) is 0.853. The van der Waals surface area contributed by atoms with Gasteiger partial charge in [-0.1, -0.05) is 6.07 Å². The average Bonchev–Trinajstić information content (AvgIpc) is 2.38. The van der Waals surface area contributed by atoms with Crippen LogP contribution in [0.25, 0.3) is 0 Å². The second-order valence-corrected chi connectivity index (χ2v) is 4.35. The van der Waals surface area contributed by atoms with Crippen LogP contribution in [0.1, 0.15) is 18.9 Å². The Morgan fingerprint density at radius 1 is 1.32 bits per heavy atom. The van der Waals surface area contributed by atoms with Crippen molar-refractivity contribution in [2.45, 2.75) is 25.8 Å². The van der Waals surface area contributed by atoms with Crippen molar-refractivity contribution in [1.82, 2.24) is 5.32 Å². The van der Waals surface area contributed by atoms with E-state index in [1.54, 1.807) is 26.4 Å². The van der Waals surface area contributed by atoms with Crippen molar-refractivity contribution in [2.75, 3.05) is 20.8 Å². The highest BCUT2D eigenvalue weighted by atomic mass is 16.5. The number of nitrogens with one attached hydrogen (secondary N) is 1. The van der Waals surface area contributed by atoms with Crippen molar-refractivity contribution in [1.29, 1.82) is 0 Å². The lowest BCUT2D eigenvalue weighted by Crippen LogP contribution is -2.34. The normalized spacial score (nSPS) is 11.8. The maximum absolute atomic E-state index is 11.8. The smallest absolute Gasteiger partial charge is 0.224 e. The van der Waals surface area contributed by atoms with Crippen molar-refractivity contribution in [3.8, 4) is 11.5 Å². The van der Waals surface area contributed by atoms with E-state index >= 15 is 0 Å². The van der Waals surface area contributed by atoms with E-state index in [2.05, 4.69) is 5.32 Å². The first-order valence-electron chi connectivity index (χ1n) is 6.21. The molecule has 19 heavy (non-hydrogen) atoms. The van der Waals surface area contributed by atoms with Crippen LogP contribution in [0, 0.1) is 0 Å². The van der Waals surface area contributed by atoms with Gasteiger partial charge in [0.2, 0.25) is 5.91 Å². The van der Waals surface area contributed by atoms with Crippen LogP contribution in [0.2, 0.25) is 0 Å². The molecule has 0 aliphatic carbocycles. The lowest BCUT2D eigenvalue weighted by Gasteiger charge is -2.13. The second-order valence-electron chi connectivity index (χ2n) is 4.35. The van der Waals surface area contributed by atoms with Crippen LogP contribution in [0.4, 0.5) is 0 Å². The van der Waals surface area contributed by atoms with E-state index in [-0.39, 0.29) is 25.0 Å². The zero-order valence-electron chi connectivity index (χ0n) is 11.6. The highest BCUT2D eigenvalue weighted by Gasteiger charge is 2.10. The molecule has 0 saturated heterocycles. The minimum absolute atomic E-state index is 0.0300. The summed E-state index contributed by atoms with van der Waals surface area (Å²) in [4.78, 5) is 11.8. The number of carbonyl (C=O) groups is 1. The molecule has 1 rings (SSSR count). The third-order valence-electron chi connectivity index (χ3n) is 2.78. The molecule has 0 saturated carbocycles. The van der Waals surface area contributed by atoms with Gasteiger partial charge in [0.15, 0.2) is 11.5 Å². The van der Waals surface area contributed by atoms with E-state index in [9.17, 15) is 4.79 Å². The monoisotopic (exact) mass is 267 g/mol. The molecule has 1 amide bonds. The van der Waals surface area contributed by atoms with Gasteiger partial charge in [0, 0.05) is 12.6 Å². The second kappa shape index (κ2) is 7.63. The molecule has 0 radical (unpaired) electrons. The number of ether oxygens (including phenoxy) is 2. The highest BCUT2D eigenvalue weighted by molar-refractivity contribution is 5.79. The number of hydrogen-bond donors (Lipinski definition) is 2. The van der Waals surface area contributed by atoms with Gasteiger partial charge in [-0.3, -0.25) is 4.79 Å². The van der Waals surface area contributed by atoms with E-state index < -0.39 is 0 Å². The van der Waals surface area contributed by atoms with E-state index in [0.29, 0.717) is 17.9 Å². The van der Waals surface area contributed by atoms with Crippen molar-refractivity contribution in [2.24, 2.45) is 0 Å². The number of aliphatic hydroxyl groups excluding tert-OH is 1. The molecule has 1 atom stereocenters. The lowest BCUT2D eigenvalue weighted by atomic mass is 10.1. The van der Waals surface area contributed by atoms with Gasteiger partial charge in [-0.05, 0) is 31.0 Å². The molecule has 0 bridgehead atoms. The molecule has 1 unspecified atom stereocenters. The van der Waals surface area contributed by atoms with Gasteiger partial charge in [-0.2, -0.15) is 0 Å². The van der Waals surface area contributed by atoms with Crippen molar-refractivity contribution in [3.63, 3.8) is 0 Å². The summed E-state index contributed by atoms with van der Waals surface area (Å²) in [7, 11) is 3.13. The number of aliphatic hydroxyl groups is 1. The third kappa shape index (κ3) is 4.79. The number of benzene rings is 1. The number of amides is 1. The van der Waals surface area contributed by atoms with E-state index in [4.69, 9.17) is 14.6 Å². The zero-order valence-corrected chi connectivity index (χ0v) is 11.6. The van der Waals surface area contributed by atoms with Crippen LogP contribution in [-0.4, -0.2) is 37.9 Å². The van der Waals surface area contributed by atoms with Gasteiger partial charge in [0.05, 0.1) is 20.6 Å². The number of carbonyl (C=O) groups excluding carboxylic acids is 1. The fraction of sp³-hybridized carbons (Fsp3) is 0.500. The number of rotatable bonds is 7. The molecular weight excluding hydrogens is 246 g/mol. The molecule has 0 aliphatic heterocycles. The van der Waals surface area contributed by atoms with E-state index in [1.165, 1.54) is 0 Å². The Morgan fingerprint density at radius 3 is 2.58 bits per heavy atom. The van der Waals surface area contributed by atoms with Crippen molar-refractivity contribution >= 4 is 5.91 Å². The standard InChI is InChI=1S/C14H21NO4/c1-10(6-7-16)15-14(17)9-11-4-5-12(18-2)13(8-11)19-3/h4-5,8,10,16H,6-7,9H2,1-3H3,(H,15,17). The van der Waals surface area contributed by atoms with Crippen molar-refractivity contribution < 1.29 is 19.4 Å². The summed E-state index contributed by atoms with van der Waals surface area (Å²) in [5, 5.41) is 11.6. The first kappa shape index (κ1) is 15.3. The Balaban J connectivity index is 2.64. The topological polar surface area (TPSA) is 67.8 Å². The molecule has 0 aromatic heterocycles. The fourth-order valence-electron chi connectivity index (χ4n) is 1.77. The van der Waals surface area contributed by atoms with Gasteiger partial charge in [0.1, 0.15) is 0 Å². The molecule has 106 valence electrons. The lowest BCUT2D eigenvalue weighted by molar-refractivity contribution is -0.121. The average molecular weight is 267 g/mol. The Bertz CT molecular complexity index is 420. The first-order chi connectivity index (χ1) is 9.10. The molecule has 1 aromatic rings. The Labute approximate surface area is 113 Å². The molecular formula is C14H21NO4. The highest BCUT2D eigenvalue weighted by Crippen LogP contribution is 2.27. The van der Waals surface area contributed by atoms with E-state index in [0.717, 1.165) is 5.56 Å². The summed E-state index contributed by atoms with van der Waals surface area (Å²) in [6.07, 6.45) is 0.827. The zero-order chi connectivity index (χ0) is 14.3. The molecule has 2 N–H and O–H groups in total. The minimum Gasteiger partial charge on any atom is -0.493 e. The molecule has 0 fully saturated rings. The van der Waals surface area contributed by atoms with Crippen LogP contribution in [0.15, 0.2) is 18.2 Å². The maximum Gasteiger partial charge on any atom is 0.224 e. The molecule has 1 aromatic carbocycles. The van der Waals surface area contributed by atoms with Gasteiger partial charge >= 0.3 is 0 Å². The largest absolute Gasteiger partial charge is 0.493 e. The molecule has 0 heterocycles. The summed E-state index contributed by atoms with van der Waals surface area (Å²) in [6, 6.07) is 5.36. The maximum atomic E-state index is 11.8. The minimum atomic E-state index is -0.0758. The van der Waals surface area contributed by atoms with E-state index in [1.807, 2.05) is 13.0 Å². The van der Waals surface area contributed by atoms with Gasteiger partial charge in [-0.15, -0.1) is 0 Å². The summed E-state index contributed by atoms with van der Waals surface area (Å²) in [5.74, 6) is 1.17. The number of hydrogen-bond acceptors (Lipinski definition) is 4. The summed E-state index contributed by atoms with van der Waals surface area (Å²) in [6.45, 7) is 1.93. The van der Waals surface area contributed by atoms with Crippen molar-refractivity contribution in [3.05, 3.63) is 23.8 Å². The van der Waals surface area contributed by atoms with Gasteiger partial charge in [0.25, 0.3) is 0 Å². The Hall–Kier alpha value is -1.75. The Kier molecular flexibility index (Phi) is 6.15. The van der Waals surface area contributed by atoms with Crippen LogP contribution < -0.4 is 14.8 Å². The molecule has 0 aliphatic rings. The Morgan fingerprint density at radius 2 is 2.00 bits per heavy atom. The summed E-state index contributed by atoms with van der Waals surface area (Å²) >= 11 is 0. The SMILES string of the molecule is COc1ccc(CC(=O)NC(C)CCO)cc1OC. The number of methoxy groups -OCH3 is 2. The molecule has 5 heteroatoms. The predicted octanol–water partition coefficient (Wildman–Crippen LogP) is 1.13. The fourth-order valence-corrected chi connectivity index (χ4v) is 1.77. The first-order valence-corrected chi connectivity index (χ1v) is 6.21. The van der Waals surface area contributed by atoms with Gasteiger partial charge < -0.3 is 19.9 Å². The van der Waals surface area contributed by atoms with Crippen LogP contribution in [0.3, 0.4) is 0 Å². The van der Waals surface area contributed by atoms with Crippen LogP contribution in [0.5, 0.6) is 11.5 Å². The predicted molar refractivity (Wildman–Crippen MR) is 72.6 cm³/mol. The quantitative estimate of drug-likeness (QED) is 0.777. The third-order valence-corrected chi connectivity index (χ3v) is 2.78. The molecule has 5 nitrogen and oxygen atoms in total. The van der Waals surface area contributed by atoms with Crippen LogP contribution in [-0.2, 0) is 11.2 Å². The summed E-state index contributed by atoms with van der Waals surface area (Å²) < 4.78 is 10.3. The van der Waals surface area contributed by atoms with Crippen LogP contribution >= 0.6 is 0 Å².